The average Bonchev–Trinajstić information content (AvgIpc) is 2.41. The fourth-order valence-electron chi connectivity index (χ4n) is 2.57. The van der Waals surface area contributed by atoms with Gasteiger partial charge in [-0.2, -0.15) is 0 Å². The highest BCUT2D eigenvalue weighted by Crippen LogP contribution is 2.17. The summed E-state index contributed by atoms with van der Waals surface area (Å²) in [5, 5.41) is 9.52. The lowest BCUT2D eigenvalue weighted by Crippen LogP contribution is -2.45. The summed E-state index contributed by atoms with van der Waals surface area (Å²) < 4.78 is 0. The zero-order chi connectivity index (χ0) is 14.0. The van der Waals surface area contributed by atoms with Crippen LogP contribution < -0.4 is 0 Å². The van der Waals surface area contributed by atoms with E-state index >= 15 is 0 Å². The average molecular weight is 261 g/mol. The molecule has 1 fully saturated rings. The van der Waals surface area contributed by atoms with Crippen molar-refractivity contribution in [3.63, 3.8) is 0 Å². The quantitative estimate of drug-likeness (QED) is 0.849. The lowest BCUT2D eigenvalue weighted by Gasteiger charge is -2.33. The van der Waals surface area contributed by atoms with Crippen LogP contribution in [-0.4, -0.2) is 41.0 Å². The fraction of sp³-hybridized carbons (Fsp3) is 0.562. The molecule has 1 atom stereocenters. The monoisotopic (exact) mass is 261 g/mol. The molecule has 19 heavy (non-hydrogen) atoms. The molecule has 1 aliphatic heterocycles. The van der Waals surface area contributed by atoms with E-state index in [1.807, 2.05) is 32.0 Å². The number of aliphatic hydroxyl groups is 1. The van der Waals surface area contributed by atoms with Crippen molar-refractivity contribution in [3.05, 3.63) is 34.9 Å². The molecule has 0 amide bonds. The van der Waals surface area contributed by atoms with Gasteiger partial charge in [0.05, 0.1) is 12.1 Å². The Bertz CT molecular complexity index is 462. The summed E-state index contributed by atoms with van der Waals surface area (Å²) in [7, 11) is 0. The van der Waals surface area contributed by atoms with Gasteiger partial charge in [-0.3, -0.25) is 9.69 Å². The van der Waals surface area contributed by atoms with Gasteiger partial charge in [-0.05, 0) is 50.8 Å². The summed E-state index contributed by atoms with van der Waals surface area (Å²) in [6, 6.07) is 5.80. The molecule has 0 bridgehead atoms. The van der Waals surface area contributed by atoms with Gasteiger partial charge in [0, 0.05) is 18.7 Å². The SMILES string of the molecule is Cc1ccc(C(=O)C(C)N2CCC(O)CC2)cc1C. The predicted octanol–water partition coefficient (Wildman–Crippen LogP) is 2.33. The normalized spacial score (nSPS) is 19.4. The van der Waals surface area contributed by atoms with Gasteiger partial charge in [-0.15, -0.1) is 0 Å². The molecule has 1 aromatic carbocycles. The predicted molar refractivity (Wildman–Crippen MR) is 76.5 cm³/mol. The van der Waals surface area contributed by atoms with Gasteiger partial charge < -0.3 is 5.11 Å². The summed E-state index contributed by atoms with van der Waals surface area (Å²) in [6.07, 6.45) is 1.34. The van der Waals surface area contributed by atoms with Gasteiger partial charge in [-0.25, -0.2) is 0 Å². The standard InChI is InChI=1S/C16H23NO2/c1-11-4-5-14(10-12(11)2)16(19)13(3)17-8-6-15(18)7-9-17/h4-5,10,13,15,18H,6-9H2,1-3H3. The first kappa shape index (κ1) is 14.2. The lowest BCUT2D eigenvalue weighted by atomic mass is 9.98. The van der Waals surface area contributed by atoms with E-state index in [9.17, 15) is 9.90 Å². The molecule has 0 saturated carbocycles. The maximum atomic E-state index is 12.5. The molecule has 1 saturated heterocycles. The second-order valence-electron chi connectivity index (χ2n) is 5.61. The van der Waals surface area contributed by atoms with Crippen LogP contribution in [0.2, 0.25) is 0 Å². The largest absolute Gasteiger partial charge is 0.393 e. The fourth-order valence-corrected chi connectivity index (χ4v) is 2.57. The number of Topliss-reactive ketones (excluding diaryl/α,β-unsaturated/α-hetero) is 1. The third kappa shape index (κ3) is 3.23. The summed E-state index contributed by atoms with van der Waals surface area (Å²) in [5.41, 5.74) is 3.17. The van der Waals surface area contributed by atoms with Crippen LogP contribution in [0.15, 0.2) is 18.2 Å². The maximum absolute atomic E-state index is 12.5. The van der Waals surface area contributed by atoms with Crippen LogP contribution >= 0.6 is 0 Å². The molecule has 3 heteroatoms. The minimum Gasteiger partial charge on any atom is -0.393 e. The second-order valence-corrected chi connectivity index (χ2v) is 5.61. The molecule has 0 spiro atoms. The van der Waals surface area contributed by atoms with E-state index in [4.69, 9.17) is 0 Å². The van der Waals surface area contributed by atoms with E-state index in [0.717, 1.165) is 37.1 Å². The summed E-state index contributed by atoms with van der Waals surface area (Å²) in [4.78, 5) is 14.7. The third-order valence-electron chi connectivity index (χ3n) is 4.22. The van der Waals surface area contributed by atoms with Gasteiger partial charge >= 0.3 is 0 Å². The number of carbonyl (C=O) groups excluding carboxylic acids is 1. The van der Waals surface area contributed by atoms with Crippen molar-refractivity contribution < 1.29 is 9.90 Å². The number of hydrogen-bond acceptors (Lipinski definition) is 3. The third-order valence-corrected chi connectivity index (χ3v) is 4.22. The number of aryl methyl sites for hydroxylation is 2. The van der Waals surface area contributed by atoms with Crippen molar-refractivity contribution in [3.8, 4) is 0 Å². The van der Waals surface area contributed by atoms with Gasteiger partial charge in [0.1, 0.15) is 0 Å². The summed E-state index contributed by atoms with van der Waals surface area (Å²) >= 11 is 0. The van der Waals surface area contributed by atoms with Crippen molar-refractivity contribution in [1.29, 1.82) is 0 Å². The smallest absolute Gasteiger partial charge is 0.179 e. The Hall–Kier alpha value is -1.19. The van der Waals surface area contributed by atoms with Crippen LogP contribution in [0.4, 0.5) is 0 Å². The van der Waals surface area contributed by atoms with Crippen molar-refractivity contribution in [2.45, 2.75) is 45.8 Å². The molecule has 3 nitrogen and oxygen atoms in total. The van der Waals surface area contributed by atoms with Crippen LogP contribution in [0.3, 0.4) is 0 Å². The Morgan fingerprint density at radius 1 is 1.26 bits per heavy atom. The molecule has 0 aliphatic carbocycles. The number of carbonyl (C=O) groups is 1. The van der Waals surface area contributed by atoms with E-state index in [1.54, 1.807) is 0 Å². The highest BCUT2D eigenvalue weighted by atomic mass is 16.3. The number of aliphatic hydroxyl groups excluding tert-OH is 1. The van der Waals surface area contributed by atoms with Gasteiger partial charge in [0.15, 0.2) is 5.78 Å². The lowest BCUT2D eigenvalue weighted by molar-refractivity contribution is 0.0549. The Balaban J connectivity index is 2.08. The van der Waals surface area contributed by atoms with Crippen LogP contribution in [0.1, 0.15) is 41.3 Å². The van der Waals surface area contributed by atoms with E-state index in [0.29, 0.717) is 0 Å². The minimum absolute atomic E-state index is 0.102. The first-order chi connectivity index (χ1) is 8.99. The van der Waals surface area contributed by atoms with E-state index < -0.39 is 0 Å². The van der Waals surface area contributed by atoms with E-state index in [-0.39, 0.29) is 17.9 Å². The number of nitrogens with zero attached hydrogens (tertiary/aromatic N) is 1. The van der Waals surface area contributed by atoms with Gasteiger partial charge in [0.2, 0.25) is 0 Å². The molecule has 1 unspecified atom stereocenters. The molecule has 2 rings (SSSR count). The second kappa shape index (κ2) is 5.85. The van der Waals surface area contributed by atoms with Gasteiger partial charge in [-0.1, -0.05) is 12.1 Å². The summed E-state index contributed by atoms with van der Waals surface area (Å²) in [5.74, 6) is 0.180. The number of hydrogen-bond donors (Lipinski definition) is 1. The molecular formula is C16H23NO2. The maximum Gasteiger partial charge on any atom is 0.179 e. The topological polar surface area (TPSA) is 40.5 Å². The number of likely N-dealkylation sites (tertiary alicyclic amines) is 1. The number of piperidine rings is 1. The molecule has 1 aromatic rings. The molecule has 1 N–H and O–H groups in total. The number of benzene rings is 1. The first-order valence-electron chi connectivity index (χ1n) is 7.02. The van der Waals surface area contributed by atoms with Gasteiger partial charge in [0.25, 0.3) is 0 Å². The number of rotatable bonds is 3. The van der Waals surface area contributed by atoms with E-state index in [1.165, 1.54) is 5.56 Å². The molecule has 104 valence electrons. The Kier molecular flexibility index (Phi) is 4.38. The van der Waals surface area contributed by atoms with Crippen molar-refractivity contribution in [2.75, 3.05) is 13.1 Å². The van der Waals surface area contributed by atoms with Crippen molar-refractivity contribution >= 4 is 5.78 Å². The van der Waals surface area contributed by atoms with E-state index in [2.05, 4.69) is 11.8 Å². The zero-order valence-electron chi connectivity index (χ0n) is 12.0. The van der Waals surface area contributed by atoms with Crippen LogP contribution in [0, 0.1) is 13.8 Å². The molecular weight excluding hydrogens is 238 g/mol. The minimum atomic E-state index is -0.194. The molecule has 0 aromatic heterocycles. The highest BCUT2D eigenvalue weighted by molar-refractivity contribution is 6.00. The van der Waals surface area contributed by atoms with Crippen molar-refractivity contribution in [1.82, 2.24) is 4.90 Å². The van der Waals surface area contributed by atoms with Crippen molar-refractivity contribution in [2.24, 2.45) is 0 Å². The first-order valence-corrected chi connectivity index (χ1v) is 7.02. The highest BCUT2D eigenvalue weighted by Gasteiger charge is 2.26. The zero-order valence-corrected chi connectivity index (χ0v) is 12.0. The number of ketones is 1. The van der Waals surface area contributed by atoms with Crippen LogP contribution in [0.5, 0.6) is 0 Å². The Labute approximate surface area is 115 Å². The van der Waals surface area contributed by atoms with Crippen LogP contribution in [0.25, 0.3) is 0 Å². The summed E-state index contributed by atoms with van der Waals surface area (Å²) in [6.45, 7) is 7.67. The Morgan fingerprint density at radius 2 is 1.89 bits per heavy atom. The molecule has 0 radical (unpaired) electrons. The van der Waals surface area contributed by atoms with Crippen LogP contribution in [-0.2, 0) is 0 Å². The molecule has 1 heterocycles. The Morgan fingerprint density at radius 3 is 2.47 bits per heavy atom. The molecule has 1 aliphatic rings.